The Balaban J connectivity index is 1.86. The van der Waals surface area contributed by atoms with Gasteiger partial charge in [-0.25, -0.2) is 9.29 Å². The fraction of sp³-hybridized carbons (Fsp3) is 0.286. The van der Waals surface area contributed by atoms with E-state index in [2.05, 4.69) is 5.32 Å². The van der Waals surface area contributed by atoms with Crippen molar-refractivity contribution in [3.05, 3.63) is 59.9 Å². The minimum absolute atomic E-state index is 0.00208. The Bertz CT molecular complexity index is 902. The molecule has 1 atom stereocenters. The lowest BCUT2D eigenvalue weighted by Crippen LogP contribution is -2.49. The molecule has 29 heavy (non-hydrogen) atoms. The van der Waals surface area contributed by atoms with Gasteiger partial charge in [0.25, 0.3) is 5.91 Å². The maximum Gasteiger partial charge on any atom is 0.257 e. The van der Waals surface area contributed by atoms with Crippen molar-refractivity contribution in [1.29, 1.82) is 0 Å². The van der Waals surface area contributed by atoms with E-state index < -0.39 is 11.9 Å². The monoisotopic (exact) mass is 415 g/mol. The van der Waals surface area contributed by atoms with Crippen molar-refractivity contribution < 1.29 is 18.7 Å². The van der Waals surface area contributed by atoms with Gasteiger partial charge in [-0.15, -0.1) is 0 Å². The molecule has 0 unspecified atom stereocenters. The van der Waals surface area contributed by atoms with Gasteiger partial charge in [0.05, 0.1) is 19.2 Å². The number of hydrogen-bond acceptors (Lipinski definition) is 4. The number of ether oxygens (including phenoxy) is 1. The highest BCUT2D eigenvalue weighted by Crippen LogP contribution is 2.27. The normalized spacial score (nSPS) is 16.1. The fourth-order valence-electron chi connectivity index (χ4n) is 3.22. The van der Waals surface area contributed by atoms with Crippen molar-refractivity contribution in [1.82, 2.24) is 10.2 Å². The van der Waals surface area contributed by atoms with Crippen LogP contribution in [-0.2, 0) is 16.1 Å². The first-order chi connectivity index (χ1) is 13.9. The Morgan fingerprint density at radius 2 is 1.86 bits per heavy atom. The number of carbonyl (C=O) groups is 2. The summed E-state index contributed by atoms with van der Waals surface area (Å²) in [6, 6.07) is 12.0. The molecule has 2 aromatic rings. The first-order valence-corrected chi connectivity index (χ1v) is 9.65. The van der Waals surface area contributed by atoms with Gasteiger partial charge in [0, 0.05) is 13.1 Å². The summed E-state index contributed by atoms with van der Waals surface area (Å²) >= 11 is 5.48. The van der Waals surface area contributed by atoms with Crippen molar-refractivity contribution in [2.75, 3.05) is 18.6 Å². The molecular formula is C21H22FN3O3S. The van der Waals surface area contributed by atoms with E-state index in [0.29, 0.717) is 23.9 Å². The van der Waals surface area contributed by atoms with Gasteiger partial charge < -0.3 is 15.0 Å². The van der Waals surface area contributed by atoms with Gasteiger partial charge in [-0.05, 0) is 61.1 Å². The molecule has 2 amide bonds. The first-order valence-electron chi connectivity index (χ1n) is 9.24. The van der Waals surface area contributed by atoms with Crippen LogP contribution in [0.1, 0.15) is 18.9 Å². The van der Waals surface area contributed by atoms with Crippen LogP contribution in [0, 0.1) is 5.82 Å². The van der Waals surface area contributed by atoms with Crippen LogP contribution in [0.3, 0.4) is 0 Å². The van der Waals surface area contributed by atoms with E-state index >= 15 is 0 Å². The highest BCUT2D eigenvalue weighted by atomic mass is 32.1. The summed E-state index contributed by atoms with van der Waals surface area (Å²) in [5.41, 5.74) is 1.27. The lowest BCUT2D eigenvalue weighted by Gasteiger charge is -2.30. The second-order valence-electron chi connectivity index (χ2n) is 6.58. The fourth-order valence-corrected chi connectivity index (χ4v) is 3.56. The second kappa shape index (κ2) is 9.00. The third kappa shape index (κ3) is 4.54. The molecule has 0 aromatic heterocycles. The maximum atomic E-state index is 13.2. The lowest BCUT2D eigenvalue weighted by molar-refractivity contribution is -0.122. The molecule has 2 aromatic carbocycles. The van der Waals surface area contributed by atoms with E-state index in [-0.39, 0.29) is 18.2 Å². The SMILES string of the molecule is CCNC(=S)N(Cc1ccc(OC)cc1)[C@H]1CC(=O)N(c2ccc(F)cc2)C1=O. The maximum absolute atomic E-state index is 13.2. The Hall–Kier alpha value is -3.00. The zero-order valence-electron chi connectivity index (χ0n) is 16.2. The molecule has 1 heterocycles. The molecule has 0 spiro atoms. The van der Waals surface area contributed by atoms with Crippen molar-refractivity contribution in [2.24, 2.45) is 0 Å². The molecule has 0 saturated carbocycles. The van der Waals surface area contributed by atoms with Crippen LogP contribution in [0.5, 0.6) is 5.75 Å². The number of rotatable bonds is 6. The Labute approximate surface area is 174 Å². The first kappa shape index (κ1) is 20.7. The van der Waals surface area contributed by atoms with Crippen LogP contribution < -0.4 is 15.0 Å². The number of carbonyl (C=O) groups excluding carboxylic acids is 2. The molecule has 1 aliphatic heterocycles. The van der Waals surface area contributed by atoms with Crippen molar-refractivity contribution in [2.45, 2.75) is 25.9 Å². The molecular weight excluding hydrogens is 393 g/mol. The molecule has 152 valence electrons. The standard InChI is InChI=1S/C21H22FN3O3S/c1-3-23-21(29)24(13-14-4-10-17(28-2)11-5-14)18-12-19(26)25(20(18)27)16-8-6-15(22)7-9-16/h4-11,18H,3,12-13H2,1-2H3,(H,23,29)/t18-/m0/s1. The average Bonchev–Trinajstić information content (AvgIpc) is 3.01. The van der Waals surface area contributed by atoms with E-state index in [4.69, 9.17) is 17.0 Å². The number of amides is 2. The van der Waals surface area contributed by atoms with Crippen molar-refractivity contribution in [3.8, 4) is 5.75 Å². The molecule has 1 fully saturated rings. The highest BCUT2D eigenvalue weighted by Gasteiger charge is 2.43. The topological polar surface area (TPSA) is 61.9 Å². The van der Waals surface area contributed by atoms with E-state index in [0.717, 1.165) is 16.2 Å². The summed E-state index contributed by atoms with van der Waals surface area (Å²) < 4.78 is 18.4. The lowest BCUT2D eigenvalue weighted by atomic mass is 10.1. The number of benzene rings is 2. The largest absolute Gasteiger partial charge is 0.497 e. The Morgan fingerprint density at radius 3 is 2.45 bits per heavy atom. The summed E-state index contributed by atoms with van der Waals surface area (Å²) in [6.45, 7) is 2.86. The quantitative estimate of drug-likeness (QED) is 0.578. The van der Waals surface area contributed by atoms with Gasteiger partial charge in [-0.1, -0.05) is 12.1 Å². The third-order valence-electron chi connectivity index (χ3n) is 4.68. The van der Waals surface area contributed by atoms with Crippen LogP contribution in [0.25, 0.3) is 0 Å². The smallest absolute Gasteiger partial charge is 0.257 e. The van der Waals surface area contributed by atoms with Gasteiger partial charge in [-0.2, -0.15) is 0 Å². The van der Waals surface area contributed by atoms with E-state index in [9.17, 15) is 14.0 Å². The number of nitrogens with one attached hydrogen (secondary N) is 1. The molecule has 0 bridgehead atoms. The molecule has 8 heteroatoms. The predicted octanol–water partition coefficient (Wildman–Crippen LogP) is 2.86. The molecule has 0 radical (unpaired) electrons. The molecule has 1 N–H and O–H groups in total. The predicted molar refractivity (Wildman–Crippen MR) is 112 cm³/mol. The molecule has 6 nitrogen and oxygen atoms in total. The van der Waals surface area contributed by atoms with E-state index in [1.807, 2.05) is 31.2 Å². The van der Waals surface area contributed by atoms with Gasteiger partial charge >= 0.3 is 0 Å². The number of thiocarbonyl (C=S) groups is 1. The molecule has 0 aliphatic carbocycles. The number of methoxy groups -OCH3 is 1. The Kier molecular flexibility index (Phi) is 6.43. The minimum Gasteiger partial charge on any atom is -0.497 e. The van der Waals surface area contributed by atoms with Crippen LogP contribution in [0.15, 0.2) is 48.5 Å². The van der Waals surface area contributed by atoms with Crippen molar-refractivity contribution >= 4 is 34.8 Å². The number of hydrogen-bond donors (Lipinski definition) is 1. The second-order valence-corrected chi connectivity index (χ2v) is 6.96. The van der Waals surface area contributed by atoms with Crippen LogP contribution >= 0.6 is 12.2 Å². The number of anilines is 1. The summed E-state index contributed by atoms with van der Waals surface area (Å²) in [6.07, 6.45) is -0.00208. The number of nitrogens with zero attached hydrogens (tertiary/aromatic N) is 2. The summed E-state index contributed by atoms with van der Waals surface area (Å²) in [4.78, 5) is 28.5. The molecule has 3 rings (SSSR count). The van der Waals surface area contributed by atoms with Crippen LogP contribution in [0.4, 0.5) is 10.1 Å². The van der Waals surface area contributed by atoms with Gasteiger partial charge in [0.2, 0.25) is 5.91 Å². The Morgan fingerprint density at radius 1 is 1.21 bits per heavy atom. The number of halogens is 1. The van der Waals surface area contributed by atoms with Gasteiger partial charge in [0.1, 0.15) is 17.6 Å². The third-order valence-corrected chi connectivity index (χ3v) is 5.06. The molecule has 1 aliphatic rings. The zero-order valence-corrected chi connectivity index (χ0v) is 17.0. The highest BCUT2D eigenvalue weighted by molar-refractivity contribution is 7.80. The van der Waals surface area contributed by atoms with E-state index in [1.54, 1.807) is 12.0 Å². The summed E-state index contributed by atoms with van der Waals surface area (Å²) in [5.74, 6) is -0.427. The van der Waals surface area contributed by atoms with Gasteiger partial charge in [0.15, 0.2) is 5.11 Å². The van der Waals surface area contributed by atoms with Crippen LogP contribution in [-0.4, -0.2) is 41.5 Å². The van der Waals surface area contributed by atoms with Gasteiger partial charge in [-0.3, -0.25) is 9.59 Å². The minimum atomic E-state index is -0.735. The van der Waals surface area contributed by atoms with Crippen LogP contribution in [0.2, 0.25) is 0 Å². The average molecular weight is 415 g/mol. The van der Waals surface area contributed by atoms with E-state index in [1.165, 1.54) is 24.3 Å². The molecule has 1 saturated heterocycles. The summed E-state index contributed by atoms with van der Waals surface area (Å²) in [5, 5.41) is 3.46. The van der Waals surface area contributed by atoms with Crippen molar-refractivity contribution in [3.63, 3.8) is 0 Å². The zero-order chi connectivity index (χ0) is 21.0. The number of imide groups is 1. The summed E-state index contributed by atoms with van der Waals surface area (Å²) in [7, 11) is 1.59.